The predicted molar refractivity (Wildman–Crippen MR) is 142 cm³/mol. The SMILES string of the molecule is Cc1cccc(Cn2c(N3CCN(C(=S)NC4CCCC4)CC3)nc3c2c(=O)n(C)c(=O)n3C)c1. The molecule has 2 fully saturated rings. The summed E-state index contributed by atoms with van der Waals surface area (Å²) in [5, 5.41) is 4.37. The van der Waals surface area contributed by atoms with E-state index in [9.17, 15) is 9.59 Å². The van der Waals surface area contributed by atoms with E-state index in [0.29, 0.717) is 29.7 Å². The van der Waals surface area contributed by atoms with Gasteiger partial charge in [0.05, 0.1) is 6.54 Å². The third kappa shape index (κ3) is 4.47. The molecule has 186 valence electrons. The fourth-order valence-electron chi connectivity index (χ4n) is 5.26. The first kappa shape index (κ1) is 23.6. The normalized spacial score (nSPS) is 16.9. The number of aromatic nitrogens is 4. The minimum Gasteiger partial charge on any atom is -0.360 e. The van der Waals surface area contributed by atoms with Crippen molar-refractivity contribution in [2.24, 2.45) is 14.1 Å². The predicted octanol–water partition coefficient (Wildman–Crippen LogP) is 1.73. The Hall–Kier alpha value is -3.14. The molecule has 3 heterocycles. The number of piperazine rings is 1. The third-order valence-corrected chi connectivity index (χ3v) is 7.66. The third-order valence-electron chi connectivity index (χ3n) is 7.28. The number of fused-ring (bicyclic) bond motifs is 1. The van der Waals surface area contributed by atoms with E-state index in [1.54, 1.807) is 7.05 Å². The van der Waals surface area contributed by atoms with Gasteiger partial charge in [0.25, 0.3) is 5.56 Å². The first-order valence-corrected chi connectivity index (χ1v) is 12.8. The molecule has 1 N–H and O–H groups in total. The van der Waals surface area contributed by atoms with Crippen molar-refractivity contribution in [2.45, 2.75) is 45.2 Å². The van der Waals surface area contributed by atoms with Gasteiger partial charge in [-0.2, -0.15) is 4.98 Å². The van der Waals surface area contributed by atoms with Crippen molar-refractivity contribution in [1.82, 2.24) is 28.9 Å². The smallest absolute Gasteiger partial charge is 0.332 e. The first-order chi connectivity index (χ1) is 16.8. The molecule has 0 unspecified atom stereocenters. The summed E-state index contributed by atoms with van der Waals surface area (Å²) >= 11 is 5.70. The lowest BCUT2D eigenvalue weighted by atomic mass is 10.1. The molecule has 0 spiro atoms. The fraction of sp³-hybridized carbons (Fsp3) is 0.520. The zero-order valence-corrected chi connectivity index (χ0v) is 21.5. The summed E-state index contributed by atoms with van der Waals surface area (Å²) in [4.78, 5) is 35.1. The zero-order chi connectivity index (χ0) is 24.7. The Morgan fingerprint density at radius 1 is 1.09 bits per heavy atom. The van der Waals surface area contributed by atoms with Crippen molar-refractivity contribution in [1.29, 1.82) is 0 Å². The molecule has 1 aromatic carbocycles. The molecule has 10 heteroatoms. The molecule has 9 nitrogen and oxygen atoms in total. The molecule has 5 rings (SSSR count). The molecule has 1 aliphatic carbocycles. The maximum absolute atomic E-state index is 13.2. The number of nitrogens with zero attached hydrogens (tertiary/aromatic N) is 6. The minimum atomic E-state index is -0.373. The van der Waals surface area contributed by atoms with Gasteiger partial charge < -0.3 is 15.1 Å². The summed E-state index contributed by atoms with van der Waals surface area (Å²) < 4.78 is 4.59. The first-order valence-electron chi connectivity index (χ1n) is 12.4. The van der Waals surface area contributed by atoms with Crippen LogP contribution in [0.4, 0.5) is 5.95 Å². The molecule has 2 aromatic heterocycles. The molecule has 1 saturated heterocycles. The Bertz CT molecular complexity index is 1370. The van der Waals surface area contributed by atoms with Crippen molar-refractivity contribution < 1.29 is 0 Å². The summed E-state index contributed by atoms with van der Waals surface area (Å²) in [5.41, 5.74) is 2.42. The van der Waals surface area contributed by atoms with Crippen LogP contribution in [0.5, 0.6) is 0 Å². The molecule has 0 bridgehead atoms. The van der Waals surface area contributed by atoms with Crippen LogP contribution in [0.3, 0.4) is 0 Å². The summed E-state index contributed by atoms with van der Waals surface area (Å²) in [6, 6.07) is 8.75. The molecule has 0 atom stereocenters. The Morgan fingerprint density at radius 3 is 2.49 bits per heavy atom. The molecule has 1 saturated carbocycles. The van der Waals surface area contributed by atoms with Gasteiger partial charge >= 0.3 is 5.69 Å². The highest BCUT2D eigenvalue weighted by Crippen LogP contribution is 2.23. The molecule has 35 heavy (non-hydrogen) atoms. The average Bonchev–Trinajstić information content (AvgIpc) is 3.50. The quantitative estimate of drug-likeness (QED) is 0.552. The summed E-state index contributed by atoms with van der Waals surface area (Å²) in [7, 11) is 3.19. The number of rotatable bonds is 4. The van der Waals surface area contributed by atoms with Crippen LogP contribution in [-0.2, 0) is 20.6 Å². The van der Waals surface area contributed by atoms with Crippen LogP contribution < -0.4 is 21.5 Å². The van der Waals surface area contributed by atoms with E-state index in [1.165, 1.54) is 37.3 Å². The van der Waals surface area contributed by atoms with Crippen molar-refractivity contribution in [3.8, 4) is 0 Å². The second-order valence-electron chi connectivity index (χ2n) is 9.77. The molecule has 0 radical (unpaired) electrons. The van der Waals surface area contributed by atoms with E-state index < -0.39 is 0 Å². The average molecular weight is 496 g/mol. The van der Waals surface area contributed by atoms with Crippen molar-refractivity contribution >= 4 is 34.4 Å². The monoisotopic (exact) mass is 495 g/mol. The van der Waals surface area contributed by atoms with E-state index in [4.69, 9.17) is 17.2 Å². The van der Waals surface area contributed by atoms with Gasteiger partial charge in [-0.05, 0) is 37.5 Å². The highest BCUT2D eigenvalue weighted by molar-refractivity contribution is 7.80. The lowest BCUT2D eigenvalue weighted by Crippen LogP contribution is -2.53. The van der Waals surface area contributed by atoms with Crippen LogP contribution in [0.1, 0.15) is 36.8 Å². The number of hydrogen-bond donors (Lipinski definition) is 1. The number of benzene rings is 1. The number of imidazole rings is 1. The van der Waals surface area contributed by atoms with E-state index in [-0.39, 0.29) is 11.2 Å². The number of thiocarbonyl (C=S) groups is 1. The van der Waals surface area contributed by atoms with Crippen LogP contribution >= 0.6 is 12.2 Å². The van der Waals surface area contributed by atoms with Gasteiger partial charge in [0, 0.05) is 46.3 Å². The van der Waals surface area contributed by atoms with E-state index >= 15 is 0 Å². The van der Waals surface area contributed by atoms with Crippen LogP contribution in [0, 0.1) is 6.92 Å². The number of hydrogen-bond acceptors (Lipinski definition) is 5. The van der Waals surface area contributed by atoms with Crippen LogP contribution in [0.25, 0.3) is 11.2 Å². The van der Waals surface area contributed by atoms with E-state index in [1.807, 2.05) is 10.6 Å². The zero-order valence-electron chi connectivity index (χ0n) is 20.7. The van der Waals surface area contributed by atoms with Gasteiger partial charge in [-0.3, -0.25) is 18.5 Å². The molecule has 2 aliphatic rings. The van der Waals surface area contributed by atoms with Crippen molar-refractivity contribution in [3.05, 3.63) is 56.2 Å². The second kappa shape index (κ2) is 9.49. The van der Waals surface area contributed by atoms with Crippen LogP contribution in [0.2, 0.25) is 0 Å². The molecule has 1 aliphatic heterocycles. The highest BCUT2D eigenvalue weighted by atomic mass is 32.1. The Kier molecular flexibility index (Phi) is 6.39. The summed E-state index contributed by atoms with van der Waals surface area (Å²) in [6.07, 6.45) is 4.92. The Morgan fingerprint density at radius 2 is 1.80 bits per heavy atom. The standard InChI is InChI=1S/C25H33N7O2S/c1-17-7-6-8-18(15-17)16-32-20-21(28(2)25(34)29(3)22(20)33)27-23(32)30-11-13-31(14-12-30)24(35)26-19-9-4-5-10-19/h6-8,15,19H,4-5,9-14,16H2,1-3H3,(H,26,35). The van der Waals surface area contributed by atoms with Crippen molar-refractivity contribution in [3.63, 3.8) is 0 Å². The molecular weight excluding hydrogens is 462 g/mol. The topological polar surface area (TPSA) is 80.3 Å². The molecule has 0 amide bonds. The van der Waals surface area contributed by atoms with Gasteiger partial charge in [-0.25, -0.2) is 4.79 Å². The van der Waals surface area contributed by atoms with Crippen molar-refractivity contribution in [2.75, 3.05) is 31.1 Å². The lowest BCUT2D eigenvalue weighted by molar-refractivity contribution is 0.370. The van der Waals surface area contributed by atoms with Gasteiger partial charge in [-0.1, -0.05) is 42.7 Å². The van der Waals surface area contributed by atoms with Crippen LogP contribution in [-0.4, -0.2) is 60.9 Å². The molecule has 3 aromatic rings. The lowest BCUT2D eigenvalue weighted by Gasteiger charge is -2.37. The summed E-state index contributed by atoms with van der Waals surface area (Å²) in [5.74, 6) is 0.717. The maximum atomic E-state index is 13.2. The highest BCUT2D eigenvalue weighted by Gasteiger charge is 2.27. The van der Waals surface area contributed by atoms with Gasteiger partial charge in [0.1, 0.15) is 0 Å². The number of nitrogens with one attached hydrogen (secondary N) is 1. The molecular formula is C25H33N7O2S. The largest absolute Gasteiger partial charge is 0.360 e. The Labute approximate surface area is 210 Å². The fourth-order valence-corrected chi connectivity index (χ4v) is 5.61. The van der Waals surface area contributed by atoms with Gasteiger partial charge in [0.15, 0.2) is 16.3 Å². The van der Waals surface area contributed by atoms with E-state index in [0.717, 1.165) is 47.0 Å². The Balaban J connectivity index is 1.47. The van der Waals surface area contributed by atoms with E-state index in [2.05, 4.69) is 40.2 Å². The van der Waals surface area contributed by atoms with Crippen LogP contribution in [0.15, 0.2) is 33.9 Å². The number of aryl methyl sites for hydroxylation is 2. The minimum absolute atomic E-state index is 0.324. The summed E-state index contributed by atoms with van der Waals surface area (Å²) in [6.45, 7) is 5.59. The number of anilines is 1. The maximum Gasteiger partial charge on any atom is 0.332 e. The van der Waals surface area contributed by atoms with Gasteiger partial charge in [0.2, 0.25) is 5.95 Å². The van der Waals surface area contributed by atoms with Gasteiger partial charge in [-0.15, -0.1) is 0 Å². The second-order valence-corrected chi connectivity index (χ2v) is 10.2.